The number of nitrogens with two attached hydrogens (primary N) is 2. The van der Waals surface area contributed by atoms with E-state index in [0.717, 1.165) is 12.4 Å². The Morgan fingerprint density at radius 1 is 0.687 bits per heavy atom. The van der Waals surface area contributed by atoms with Crippen LogP contribution in [0.4, 0.5) is 49.1 Å². The minimum atomic E-state index is -4.95. The molecule has 1 aromatic heterocycles. The summed E-state index contributed by atoms with van der Waals surface area (Å²) in [5.41, 5.74) is 5.82. The van der Waals surface area contributed by atoms with Crippen LogP contribution in [0.3, 0.4) is 0 Å². The normalized spacial score (nSPS) is 16.5. The number of unbranched alkanes of at least 4 members (excludes halogenated alkanes) is 4. The van der Waals surface area contributed by atoms with E-state index < -0.39 is 82.1 Å². The molecule has 67 heavy (non-hydrogen) atoms. The van der Waals surface area contributed by atoms with Crippen LogP contribution in [0, 0.1) is 5.41 Å². The summed E-state index contributed by atoms with van der Waals surface area (Å²) in [6, 6.07) is 3.52. The molecular formula is C43H56F6N12O6. The van der Waals surface area contributed by atoms with E-state index >= 15 is 0 Å². The summed E-state index contributed by atoms with van der Waals surface area (Å²) < 4.78 is 98.1. The highest BCUT2D eigenvalue weighted by Crippen LogP contribution is 2.43. The third-order valence-electron chi connectivity index (χ3n) is 10.5. The van der Waals surface area contributed by atoms with Crippen molar-refractivity contribution in [3.05, 3.63) is 59.2 Å². The molecule has 0 bridgehead atoms. The van der Waals surface area contributed by atoms with Gasteiger partial charge >= 0.3 is 12.4 Å². The molecule has 3 atom stereocenters. The van der Waals surface area contributed by atoms with Crippen LogP contribution >= 0.6 is 0 Å². The molecule has 2 aliphatic heterocycles. The molecule has 366 valence electrons. The Balaban J connectivity index is 1.41. The monoisotopic (exact) mass is 950 g/mol. The molecule has 0 saturated carbocycles. The number of amides is 4. The van der Waals surface area contributed by atoms with E-state index in [2.05, 4.69) is 47.2 Å². The van der Waals surface area contributed by atoms with E-state index in [0.29, 0.717) is 115 Å². The summed E-state index contributed by atoms with van der Waals surface area (Å²) in [6.45, 7) is 3.93. The van der Waals surface area contributed by atoms with Crippen molar-refractivity contribution in [3.63, 3.8) is 0 Å². The van der Waals surface area contributed by atoms with Gasteiger partial charge in [-0.25, -0.2) is 9.97 Å². The van der Waals surface area contributed by atoms with Crippen molar-refractivity contribution in [2.45, 2.75) is 108 Å². The quantitative estimate of drug-likeness (QED) is 0.0179. The summed E-state index contributed by atoms with van der Waals surface area (Å²) in [5, 5.41) is 26.2. The molecule has 2 saturated heterocycles. The lowest BCUT2D eigenvalue weighted by atomic mass is 10.1. The Hall–Kier alpha value is -6.11. The SMILES string of the molecule is CC(N)NCCCCC(=O)Nc1cc(C(F)(F)F)cc(NC(=O)c2cc(C(=O)Nc3cc(C(F)(F)F)cc(NC(=O)CCCCCCC(=N)N)c3OC3CCNC3)ncn2)c1OC1CCNC1. The zero-order valence-corrected chi connectivity index (χ0v) is 36.8. The molecule has 2 aromatic carbocycles. The largest absolute Gasteiger partial charge is 0.485 e. The number of hydrogen-bond donors (Lipinski definition) is 10. The van der Waals surface area contributed by atoms with Crippen LogP contribution in [0.1, 0.15) is 110 Å². The molecule has 3 unspecified atom stereocenters. The molecule has 4 amide bonds. The lowest BCUT2D eigenvalue weighted by Gasteiger charge is -2.22. The number of aromatic nitrogens is 2. The van der Waals surface area contributed by atoms with E-state index in [4.69, 9.17) is 26.4 Å². The molecule has 18 nitrogen and oxygen atoms in total. The third kappa shape index (κ3) is 16.3. The maximum Gasteiger partial charge on any atom is 0.416 e. The standard InChI is InChI=1S/C43H56F6N12O6/c1-24(50)55-13-7-6-10-37(63)59-30-17-26(43(47,48)49)19-32(39(30)67-28-12-15-54-22-28)61-41(65)34-20-33(56-23-57-34)40(64)60-31-18-25(42(44,45)46)16-29(38(31)66-27-11-14-53-21-27)58-36(62)9-5-3-2-4-8-35(51)52/h16-20,23-24,27-28,53-55H,2-15,21-22,50H2,1H3,(H3,51,52)(H,58,62)(H,59,63)(H,60,64)(H,61,65). The highest BCUT2D eigenvalue weighted by molar-refractivity contribution is 6.09. The number of nitrogens with zero attached hydrogens (tertiary/aromatic N) is 2. The average Bonchev–Trinajstić information content (AvgIpc) is 3.98. The van der Waals surface area contributed by atoms with Gasteiger partial charge in [0.1, 0.15) is 29.9 Å². The maximum absolute atomic E-state index is 14.3. The molecule has 2 fully saturated rings. The Kier molecular flexibility index (Phi) is 18.6. The highest BCUT2D eigenvalue weighted by Gasteiger charge is 2.36. The molecule has 0 radical (unpaired) electrons. The zero-order valence-electron chi connectivity index (χ0n) is 36.8. The van der Waals surface area contributed by atoms with Crippen molar-refractivity contribution in [3.8, 4) is 11.5 Å². The van der Waals surface area contributed by atoms with Crippen LogP contribution in [-0.4, -0.2) is 90.5 Å². The fraction of sp³-hybridized carbons (Fsp3) is 0.512. The van der Waals surface area contributed by atoms with Crippen molar-refractivity contribution >= 4 is 52.2 Å². The fourth-order valence-corrected chi connectivity index (χ4v) is 7.10. The highest BCUT2D eigenvalue weighted by atomic mass is 19.4. The number of ether oxygens (including phenoxy) is 2. The van der Waals surface area contributed by atoms with Crippen LogP contribution in [-0.2, 0) is 21.9 Å². The van der Waals surface area contributed by atoms with Gasteiger partial charge in [-0.3, -0.25) is 24.6 Å². The van der Waals surface area contributed by atoms with Gasteiger partial charge in [-0.15, -0.1) is 0 Å². The number of rotatable bonds is 23. The summed E-state index contributed by atoms with van der Waals surface area (Å²) in [6.07, 6.45) is -6.06. The molecule has 5 rings (SSSR count). The number of hydrogen-bond acceptors (Lipinski definition) is 13. The van der Waals surface area contributed by atoms with Crippen molar-refractivity contribution in [1.29, 1.82) is 5.41 Å². The summed E-state index contributed by atoms with van der Waals surface area (Å²) >= 11 is 0. The number of carbonyl (C=O) groups is 4. The third-order valence-corrected chi connectivity index (χ3v) is 10.5. The van der Waals surface area contributed by atoms with Crippen LogP contribution in [0.15, 0.2) is 36.7 Å². The number of anilines is 4. The van der Waals surface area contributed by atoms with Crippen molar-refractivity contribution in [1.82, 2.24) is 25.9 Å². The van der Waals surface area contributed by atoms with Gasteiger partial charge in [-0.2, -0.15) is 26.3 Å². The first-order valence-electron chi connectivity index (χ1n) is 21.9. The smallest absolute Gasteiger partial charge is 0.416 e. The molecule has 0 spiro atoms. The number of carbonyl (C=O) groups excluding carboxylic acids is 4. The van der Waals surface area contributed by atoms with Crippen molar-refractivity contribution < 1.29 is 55.0 Å². The summed E-state index contributed by atoms with van der Waals surface area (Å²) in [7, 11) is 0. The second-order valence-electron chi connectivity index (χ2n) is 16.2. The van der Waals surface area contributed by atoms with E-state index in [1.165, 1.54) is 0 Å². The molecule has 12 N–H and O–H groups in total. The molecule has 24 heteroatoms. The molecule has 3 heterocycles. The number of amidine groups is 1. The van der Waals surface area contributed by atoms with Crippen LogP contribution in [0.25, 0.3) is 0 Å². The minimum absolute atomic E-state index is 0.0407. The Morgan fingerprint density at radius 3 is 1.49 bits per heavy atom. The van der Waals surface area contributed by atoms with Gasteiger partial charge in [-0.05, 0) is 89.3 Å². The summed E-state index contributed by atoms with van der Waals surface area (Å²) in [5.74, 6) is -4.00. The number of benzene rings is 2. The van der Waals surface area contributed by atoms with Gasteiger partial charge in [-0.1, -0.05) is 12.8 Å². The van der Waals surface area contributed by atoms with Gasteiger partial charge in [0.05, 0.1) is 45.9 Å². The Labute approximate surface area is 382 Å². The number of nitrogens with one attached hydrogen (secondary N) is 8. The Bertz CT molecular complexity index is 2220. The second-order valence-corrected chi connectivity index (χ2v) is 16.2. The van der Waals surface area contributed by atoms with E-state index in [9.17, 15) is 45.5 Å². The van der Waals surface area contributed by atoms with E-state index in [1.54, 1.807) is 6.92 Å². The maximum atomic E-state index is 14.3. The predicted molar refractivity (Wildman–Crippen MR) is 237 cm³/mol. The van der Waals surface area contributed by atoms with E-state index in [-0.39, 0.29) is 47.7 Å². The van der Waals surface area contributed by atoms with Crippen LogP contribution in [0.5, 0.6) is 11.5 Å². The van der Waals surface area contributed by atoms with Gasteiger partial charge in [0.15, 0.2) is 11.5 Å². The first-order chi connectivity index (χ1) is 31.8. The van der Waals surface area contributed by atoms with Gasteiger partial charge < -0.3 is 58.2 Å². The van der Waals surface area contributed by atoms with Gasteiger partial charge in [0, 0.05) is 38.4 Å². The minimum Gasteiger partial charge on any atom is -0.485 e. The fourth-order valence-electron chi connectivity index (χ4n) is 7.10. The van der Waals surface area contributed by atoms with Crippen molar-refractivity contribution in [2.24, 2.45) is 11.5 Å². The first-order valence-corrected chi connectivity index (χ1v) is 21.9. The van der Waals surface area contributed by atoms with E-state index in [1.807, 2.05) is 0 Å². The summed E-state index contributed by atoms with van der Waals surface area (Å²) in [4.78, 5) is 61.5. The number of halogens is 6. The molecule has 3 aromatic rings. The predicted octanol–water partition coefficient (Wildman–Crippen LogP) is 5.72. The van der Waals surface area contributed by atoms with Crippen molar-refractivity contribution in [2.75, 3.05) is 54.0 Å². The lowest BCUT2D eigenvalue weighted by molar-refractivity contribution is -0.138. The molecule has 2 aliphatic rings. The van der Waals surface area contributed by atoms with Crippen LogP contribution in [0.2, 0.25) is 0 Å². The topological polar surface area (TPSA) is 273 Å². The van der Waals surface area contributed by atoms with Crippen LogP contribution < -0.4 is 58.2 Å². The zero-order chi connectivity index (χ0) is 48.7. The Morgan fingerprint density at radius 2 is 1.10 bits per heavy atom. The first kappa shape index (κ1) is 51.9. The van der Waals surface area contributed by atoms with Gasteiger partial charge in [0.2, 0.25) is 11.8 Å². The van der Waals surface area contributed by atoms with Gasteiger partial charge in [0.25, 0.3) is 11.8 Å². The average molecular weight is 951 g/mol. The lowest BCUT2D eigenvalue weighted by Crippen LogP contribution is -2.34. The second kappa shape index (κ2) is 24.1. The number of alkyl halides is 6. The molecular weight excluding hydrogens is 895 g/mol. The molecule has 0 aliphatic carbocycles.